The van der Waals surface area contributed by atoms with Gasteiger partial charge in [0.1, 0.15) is 24.5 Å². The van der Waals surface area contributed by atoms with Crippen LogP contribution in [0.4, 0.5) is 19.3 Å². The average Bonchev–Trinajstić information content (AvgIpc) is 3.57. The summed E-state index contributed by atoms with van der Waals surface area (Å²) in [6.07, 6.45) is 1.15. The van der Waals surface area contributed by atoms with Crippen molar-refractivity contribution >= 4 is 23.3 Å². The van der Waals surface area contributed by atoms with Crippen molar-refractivity contribution in [2.75, 3.05) is 37.7 Å². The van der Waals surface area contributed by atoms with E-state index in [1.807, 2.05) is 0 Å². The highest BCUT2D eigenvalue weighted by Gasteiger charge is 2.39. The van der Waals surface area contributed by atoms with Gasteiger partial charge in [-0.15, -0.1) is 0 Å². The summed E-state index contributed by atoms with van der Waals surface area (Å²) in [5.41, 5.74) is 0.315. The zero-order chi connectivity index (χ0) is 25.4. The van der Waals surface area contributed by atoms with Crippen molar-refractivity contribution in [3.63, 3.8) is 0 Å². The molecular formula is C24H25F2N3O7. The number of ether oxygens (including phenoxy) is 4. The first kappa shape index (κ1) is 24.2. The molecule has 4 heterocycles. The van der Waals surface area contributed by atoms with Crippen LogP contribution in [0.2, 0.25) is 0 Å². The predicted molar refractivity (Wildman–Crippen MR) is 120 cm³/mol. The second kappa shape index (κ2) is 9.51. The highest BCUT2D eigenvalue weighted by molar-refractivity contribution is 5.90. The van der Waals surface area contributed by atoms with E-state index in [2.05, 4.69) is 9.68 Å². The minimum Gasteiger partial charge on any atom is -0.471 e. The second-order valence-electron chi connectivity index (χ2n) is 9.13. The Kier molecular flexibility index (Phi) is 6.39. The lowest BCUT2D eigenvalue weighted by Crippen LogP contribution is -2.43. The lowest BCUT2D eigenvalue weighted by Gasteiger charge is -2.29. The molecule has 3 aliphatic rings. The smallest absolute Gasteiger partial charge is 0.414 e. The van der Waals surface area contributed by atoms with Gasteiger partial charge in [-0.1, -0.05) is 6.08 Å². The topological polar surface area (TPSA) is 104 Å². The van der Waals surface area contributed by atoms with Gasteiger partial charge in [0.05, 0.1) is 18.8 Å². The number of hydrogen-bond acceptors (Lipinski definition) is 8. The van der Waals surface area contributed by atoms with E-state index in [0.29, 0.717) is 5.57 Å². The van der Waals surface area contributed by atoms with Crippen LogP contribution < -0.4 is 9.64 Å². The third kappa shape index (κ3) is 4.91. The fourth-order valence-corrected chi connectivity index (χ4v) is 4.40. The van der Waals surface area contributed by atoms with Gasteiger partial charge in [0.2, 0.25) is 0 Å². The maximum Gasteiger partial charge on any atom is 0.414 e. The molecule has 0 radical (unpaired) electrons. The summed E-state index contributed by atoms with van der Waals surface area (Å²) in [7, 11) is 0. The molecule has 1 aromatic heterocycles. The van der Waals surface area contributed by atoms with Crippen molar-refractivity contribution in [1.82, 2.24) is 10.1 Å². The van der Waals surface area contributed by atoms with Crippen LogP contribution in [0.15, 0.2) is 35.1 Å². The summed E-state index contributed by atoms with van der Waals surface area (Å²) in [5, 5.41) is 3.60. The van der Waals surface area contributed by atoms with E-state index in [0.717, 1.165) is 17.0 Å². The number of benzene rings is 1. The molecule has 0 aliphatic carbocycles. The number of rotatable bonds is 6. The first-order chi connectivity index (χ1) is 17.2. The van der Waals surface area contributed by atoms with E-state index in [1.54, 1.807) is 24.8 Å². The molecule has 192 valence electrons. The molecule has 0 saturated carbocycles. The van der Waals surface area contributed by atoms with E-state index in [4.69, 9.17) is 18.9 Å². The zero-order valence-electron chi connectivity index (χ0n) is 19.7. The van der Waals surface area contributed by atoms with E-state index < -0.39 is 35.7 Å². The van der Waals surface area contributed by atoms with Gasteiger partial charge in [0.15, 0.2) is 18.0 Å². The molecule has 0 spiro atoms. The van der Waals surface area contributed by atoms with Gasteiger partial charge in [-0.3, -0.25) is 9.69 Å². The van der Waals surface area contributed by atoms with E-state index in [-0.39, 0.29) is 62.3 Å². The van der Waals surface area contributed by atoms with Crippen LogP contribution in [0.5, 0.6) is 5.88 Å². The third-order valence-electron chi connectivity index (χ3n) is 6.17. The number of cyclic esters (lactones) is 1. The number of amides is 2. The molecule has 12 heteroatoms. The van der Waals surface area contributed by atoms with E-state index >= 15 is 8.78 Å². The fourth-order valence-electron chi connectivity index (χ4n) is 4.40. The molecule has 2 atom stereocenters. The van der Waals surface area contributed by atoms with Crippen molar-refractivity contribution in [3.05, 3.63) is 47.7 Å². The van der Waals surface area contributed by atoms with Gasteiger partial charge < -0.3 is 28.4 Å². The Morgan fingerprint density at radius 2 is 2.06 bits per heavy atom. The van der Waals surface area contributed by atoms with Crippen LogP contribution >= 0.6 is 0 Å². The average molecular weight is 505 g/mol. The van der Waals surface area contributed by atoms with Crippen molar-refractivity contribution in [3.8, 4) is 5.88 Å². The fraction of sp³-hybridized carbons (Fsp3) is 0.458. The summed E-state index contributed by atoms with van der Waals surface area (Å²) in [6.45, 7) is 4.18. The number of anilines is 1. The normalized spacial score (nSPS) is 23.6. The van der Waals surface area contributed by atoms with Crippen LogP contribution in [0.1, 0.15) is 25.8 Å². The summed E-state index contributed by atoms with van der Waals surface area (Å²) in [4.78, 5) is 27.7. The molecule has 2 saturated heterocycles. The highest BCUT2D eigenvalue weighted by Crippen LogP contribution is 2.33. The summed E-state index contributed by atoms with van der Waals surface area (Å²) >= 11 is 0. The summed E-state index contributed by atoms with van der Waals surface area (Å²) in [6, 6.07) is 3.71. The largest absolute Gasteiger partial charge is 0.471 e. The van der Waals surface area contributed by atoms with Crippen molar-refractivity contribution in [2.24, 2.45) is 0 Å². The minimum absolute atomic E-state index is 0.00937. The van der Waals surface area contributed by atoms with Crippen molar-refractivity contribution in [2.45, 2.75) is 38.3 Å². The van der Waals surface area contributed by atoms with Gasteiger partial charge in [-0.05, 0) is 43.1 Å². The van der Waals surface area contributed by atoms with Gasteiger partial charge in [0.25, 0.3) is 11.8 Å². The SMILES string of the molecule is CC1(C)OC[C@@H](C(=O)N2CC=C(c3c(F)cc(N4C[C@H](COc5ccon5)OC4=O)cc3F)CC2)O1. The Bertz CT molecular complexity index is 1160. The van der Waals surface area contributed by atoms with Crippen LogP contribution in [0.25, 0.3) is 5.57 Å². The molecule has 3 aliphatic heterocycles. The molecule has 0 bridgehead atoms. The minimum atomic E-state index is -0.822. The number of aromatic nitrogens is 1. The van der Waals surface area contributed by atoms with E-state index in [1.165, 1.54) is 12.3 Å². The molecule has 10 nitrogen and oxygen atoms in total. The number of carbonyl (C=O) groups is 2. The molecule has 0 N–H and O–H groups in total. The Morgan fingerprint density at radius 1 is 1.28 bits per heavy atom. The standard InChI is InChI=1S/C24H25F2N3O7/c1-24(2)33-13-19(36-24)22(30)28-6-3-14(4-7-28)21-17(25)9-15(10-18(21)26)29-11-16(35-23(29)31)12-32-20-5-8-34-27-20/h3,5,8-10,16,19H,4,6-7,11-13H2,1-2H3/t16-,19+/m1/s1. The Morgan fingerprint density at radius 3 is 2.67 bits per heavy atom. The van der Waals surface area contributed by atoms with Crippen LogP contribution in [0, 0.1) is 11.6 Å². The maximum absolute atomic E-state index is 15.1. The van der Waals surface area contributed by atoms with Crippen molar-refractivity contribution < 1.29 is 41.8 Å². The van der Waals surface area contributed by atoms with Gasteiger partial charge in [0, 0.05) is 24.7 Å². The summed E-state index contributed by atoms with van der Waals surface area (Å²) in [5.74, 6) is -2.42. The maximum atomic E-state index is 15.1. The molecule has 2 amide bonds. The van der Waals surface area contributed by atoms with Gasteiger partial charge in [-0.25, -0.2) is 13.6 Å². The molecule has 5 rings (SSSR count). The molecule has 1 aromatic carbocycles. The lowest BCUT2D eigenvalue weighted by molar-refractivity contribution is -0.159. The molecular weight excluding hydrogens is 480 g/mol. The Hall–Kier alpha value is -3.51. The van der Waals surface area contributed by atoms with Gasteiger partial charge >= 0.3 is 6.09 Å². The molecule has 2 aromatic rings. The van der Waals surface area contributed by atoms with Crippen LogP contribution in [-0.4, -0.2) is 72.9 Å². The zero-order valence-corrected chi connectivity index (χ0v) is 19.7. The predicted octanol–water partition coefficient (Wildman–Crippen LogP) is 3.12. The van der Waals surface area contributed by atoms with Crippen LogP contribution in [0.3, 0.4) is 0 Å². The molecule has 0 unspecified atom stereocenters. The lowest BCUT2D eigenvalue weighted by atomic mass is 9.97. The number of hydrogen-bond donors (Lipinski definition) is 0. The molecule has 36 heavy (non-hydrogen) atoms. The first-order valence-electron chi connectivity index (χ1n) is 11.5. The molecule has 2 fully saturated rings. The van der Waals surface area contributed by atoms with E-state index in [9.17, 15) is 9.59 Å². The monoisotopic (exact) mass is 505 g/mol. The Labute approximate surface area is 205 Å². The third-order valence-corrected chi connectivity index (χ3v) is 6.17. The number of nitrogens with zero attached hydrogens (tertiary/aromatic N) is 3. The number of carbonyl (C=O) groups excluding carboxylic acids is 2. The van der Waals surface area contributed by atoms with Crippen LogP contribution in [-0.2, 0) is 19.0 Å². The quantitative estimate of drug-likeness (QED) is 0.590. The van der Waals surface area contributed by atoms with Gasteiger partial charge in [-0.2, -0.15) is 0 Å². The van der Waals surface area contributed by atoms with Crippen molar-refractivity contribution in [1.29, 1.82) is 0 Å². The summed E-state index contributed by atoms with van der Waals surface area (Å²) < 4.78 is 56.5. The Balaban J connectivity index is 1.24. The second-order valence-corrected chi connectivity index (χ2v) is 9.13. The number of halogens is 2. The first-order valence-corrected chi connectivity index (χ1v) is 11.5. The highest BCUT2D eigenvalue weighted by atomic mass is 19.1.